The summed E-state index contributed by atoms with van der Waals surface area (Å²) in [5.41, 5.74) is 1.72. The number of likely N-dealkylation sites (tertiary alicyclic amines) is 1. The summed E-state index contributed by atoms with van der Waals surface area (Å²) < 4.78 is 0. The van der Waals surface area contributed by atoms with Gasteiger partial charge in [0.1, 0.15) is 5.60 Å². The van der Waals surface area contributed by atoms with Crippen molar-refractivity contribution < 1.29 is 5.11 Å². The quantitative estimate of drug-likeness (QED) is 0.849. The Morgan fingerprint density at radius 2 is 1.88 bits per heavy atom. The highest BCUT2D eigenvalue weighted by molar-refractivity contribution is 5.30. The lowest BCUT2D eigenvalue weighted by molar-refractivity contribution is 0.0485. The minimum Gasteiger partial charge on any atom is -0.384 e. The Balaban J connectivity index is 2.23. The molecule has 1 aromatic carbocycles. The van der Waals surface area contributed by atoms with Gasteiger partial charge in [-0.2, -0.15) is 0 Å². The molecule has 1 saturated heterocycles. The van der Waals surface area contributed by atoms with Gasteiger partial charge in [-0.3, -0.25) is 0 Å². The second-order valence-electron chi connectivity index (χ2n) is 5.78. The normalized spacial score (nSPS) is 30.1. The summed E-state index contributed by atoms with van der Waals surface area (Å²) in [5.74, 6) is 0.545. The maximum absolute atomic E-state index is 10.7. The number of benzene rings is 1. The smallest absolute Gasteiger partial charge is 0.104 e. The molecule has 1 N–H and O–H groups in total. The van der Waals surface area contributed by atoms with Crippen LogP contribution >= 0.6 is 0 Å². The molecule has 0 aliphatic carbocycles. The van der Waals surface area contributed by atoms with Crippen LogP contribution in [0.3, 0.4) is 0 Å². The fourth-order valence-corrected chi connectivity index (χ4v) is 2.66. The van der Waals surface area contributed by atoms with Crippen LogP contribution in [-0.2, 0) is 5.60 Å². The van der Waals surface area contributed by atoms with Crippen molar-refractivity contribution in [1.29, 1.82) is 0 Å². The highest BCUT2D eigenvalue weighted by atomic mass is 16.3. The molecule has 1 fully saturated rings. The zero-order valence-corrected chi connectivity index (χ0v) is 11.3. The van der Waals surface area contributed by atoms with Gasteiger partial charge in [-0.1, -0.05) is 38.1 Å². The van der Waals surface area contributed by atoms with Gasteiger partial charge >= 0.3 is 0 Å². The topological polar surface area (TPSA) is 23.5 Å². The van der Waals surface area contributed by atoms with E-state index in [0.29, 0.717) is 12.0 Å². The van der Waals surface area contributed by atoms with Crippen molar-refractivity contribution >= 4 is 0 Å². The van der Waals surface area contributed by atoms with Gasteiger partial charge < -0.3 is 10.0 Å². The molecular formula is C15H23NO. The summed E-state index contributed by atoms with van der Waals surface area (Å²) in [7, 11) is 2.07. The Morgan fingerprint density at radius 3 is 2.29 bits per heavy atom. The molecule has 0 spiro atoms. The minimum absolute atomic E-state index is 0.449. The van der Waals surface area contributed by atoms with Crippen LogP contribution in [0.15, 0.2) is 24.3 Å². The Labute approximate surface area is 104 Å². The molecule has 2 unspecified atom stereocenters. The van der Waals surface area contributed by atoms with Gasteiger partial charge in [0, 0.05) is 12.6 Å². The van der Waals surface area contributed by atoms with Gasteiger partial charge in [-0.05, 0) is 37.4 Å². The van der Waals surface area contributed by atoms with E-state index in [1.54, 1.807) is 0 Å². The third-order valence-electron chi connectivity index (χ3n) is 4.01. The van der Waals surface area contributed by atoms with E-state index in [2.05, 4.69) is 57.0 Å². The van der Waals surface area contributed by atoms with Gasteiger partial charge in [-0.15, -0.1) is 0 Å². The highest BCUT2D eigenvalue weighted by Gasteiger charge is 2.40. The molecule has 0 aromatic heterocycles. The predicted octanol–water partition coefficient (Wildman–Crippen LogP) is 2.72. The first kappa shape index (κ1) is 12.6. The number of aliphatic hydroxyl groups is 1. The van der Waals surface area contributed by atoms with Crippen LogP contribution in [0.25, 0.3) is 0 Å². The molecule has 1 aromatic rings. The molecule has 1 heterocycles. The molecule has 17 heavy (non-hydrogen) atoms. The second-order valence-corrected chi connectivity index (χ2v) is 5.78. The molecule has 0 bridgehead atoms. The lowest BCUT2D eigenvalue weighted by Crippen LogP contribution is -2.29. The number of likely N-dealkylation sites (N-methyl/N-ethyl adjacent to an activating group) is 1. The van der Waals surface area contributed by atoms with Crippen LogP contribution in [0, 0.1) is 0 Å². The Morgan fingerprint density at radius 1 is 1.29 bits per heavy atom. The average Bonchev–Trinajstić information content (AvgIpc) is 2.54. The number of β-amino-alcohol motifs (C(OH)–C–C–N with tert-alkyl or cyclic N) is 1. The van der Waals surface area contributed by atoms with E-state index in [1.807, 2.05) is 0 Å². The highest BCUT2D eigenvalue weighted by Crippen LogP contribution is 2.35. The van der Waals surface area contributed by atoms with Gasteiger partial charge in [-0.25, -0.2) is 0 Å². The van der Waals surface area contributed by atoms with Crippen molar-refractivity contribution in [2.24, 2.45) is 0 Å². The van der Waals surface area contributed by atoms with Crippen molar-refractivity contribution in [2.75, 3.05) is 13.6 Å². The summed E-state index contributed by atoms with van der Waals surface area (Å²) >= 11 is 0. The Hall–Kier alpha value is -0.860. The number of hydrogen-bond acceptors (Lipinski definition) is 2. The summed E-state index contributed by atoms with van der Waals surface area (Å²) in [6.07, 6.45) is 0.824. The van der Waals surface area contributed by atoms with E-state index in [4.69, 9.17) is 0 Å². The van der Waals surface area contributed by atoms with Gasteiger partial charge in [0.25, 0.3) is 0 Å². The third kappa shape index (κ3) is 2.38. The summed E-state index contributed by atoms with van der Waals surface area (Å²) in [5, 5.41) is 10.7. The molecule has 0 radical (unpaired) electrons. The lowest BCUT2D eigenvalue weighted by Gasteiger charge is -2.23. The molecule has 2 nitrogen and oxygen atoms in total. The first-order chi connectivity index (χ1) is 7.92. The Kier molecular flexibility index (Phi) is 3.28. The number of rotatable bonds is 2. The summed E-state index contributed by atoms with van der Waals surface area (Å²) in [6.45, 7) is 7.28. The Bertz CT molecular complexity index is 372. The molecule has 0 amide bonds. The zero-order chi connectivity index (χ0) is 12.6. The van der Waals surface area contributed by atoms with E-state index in [9.17, 15) is 5.11 Å². The van der Waals surface area contributed by atoms with E-state index >= 15 is 0 Å². The van der Waals surface area contributed by atoms with E-state index in [-0.39, 0.29) is 0 Å². The molecule has 2 heteroatoms. The summed E-state index contributed by atoms with van der Waals surface area (Å²) in [6, 6.07) is 8.90. The molecule has 1 aliphatic rings. The van der Waals surface area contributed by atoms with Crippen molar-refractivity contribution in [3.05, 3.63) is 35.4 Å². The maximum Gasteiger partial charge on any atom is 0.104 e. The average molecular weight is 233 g/mol. The largest absolute Gasteiger partial charge is 0.384 e. The molecule has 94 valence electrons. The van der Waals surface area contributed by atoms with Crippen LogP contribution in [-0.4, -0.2) is 29.6 Å². The van der Waals surface area contributed by atoms with E-state index in [1.165, 1.54) is 5.56 Å². The second kappa shape index (κ2) is 4.43. The predicted molar refractivity (Wildman–Crippen MR) is 71.1 cm³/mol. The molecule has 1 aliphatic heterocycles. The summed E-state index contributed by atoms with van der Waals surface area (Å²) in [4.78, 5) is 2.22. The molecular weight excluding hydrogens is 210 g/mol. The number of nitrogens with zero attached hydrogens (tertiary/aromatic N) is 1. The molecule has 2 atom stereocenters. The molecule has 0 saturated carbocycles. The lowest BCUT2D eigenvalue weighted by atomic mass is 9.89. The van der Waals surface area contributed by atoms with Gasteiger partial charge in [0.05, 0.1) is 0 Å². The van der Waals surface area contributed by atoms with Crippen molar-refractivity contribution in [3.8, 4) is 0 Å². The van der Waals surface area contributed by atoms with Gasteiger partial charge in [0.15, 0.2) is 0 Å². The molecule has 2 rings (SSSR count). The van der Waals surface area contributed by atoms with Crippen LogP contribution in [0.5, 0.6) is 0 Å². The fraction of sp³-hybridized carbons (Fsp3) is 0.600. The SMILES string of the molecule is CC(C)c1ccc(C2(O)CC(C)N(C)C2)cc1. The number of hydrogen-bond donors (Lipinski definition) is 1. The minimum atomic E-state index is -0.663. The van der Waals surface area contributed by atoms with Crippen LogP contribution in [0.1, 0.15) is 44.2 Å². The first-order valence-electron chi connectivity index (χ1n) is 6.45. The van der Waals surface area contributed by atoms with E-state index in [0.717, 1.165) is 18.5 Å². The standard InChI is InChI=1S/C15H23NO/c1-11(2)13-5-7-14(8-6-13)15(17)9-12(3)16(4)10-15/h5-8,11-12,17H,9-10H2,1-4H3. The zero-order valence-electron chi connectivity index (χ0n) is 11.3. The van der Waals surface area contributed by atoms with E-state index < -0.39 is 5.60 Å². The van der Waals surface area contributed by atoms with Crippen molar-refractivity contribution in [1.82, 2.24) is 4.90 Å². The third-order valence-corrected chi connectivity index (χ3v) is 4.01. The van der Waals surface area contributed by atoms with Crippen LogP contribution in [0.4, 0.5) is 0 Å². The van der Waals surface area contributed by atoms with Crippen molar-refractivity contribution in [3.63, 3.8) is 0 Å². The maximum atomic E-state index is 10.7. The van der Waals surface area contributed by atoms with Crippen LogP contribution < -0.4 is 0 Å². The fourth-order valence-electron chi connectivity index (χ4n) is 2.66. The first-order valence-corrected chi connectivity index (χ1v) is 6.45. The van der Waals surface area contributed by atoms with Crippen LogP contribution in [0.2, 0.25) is 0 Å². The monoisotopic (exact) mass is 233 g/mol. The van der Waals surface area contributed by atoms with Gasteiger partial charge in [0.2, 0.25) is 0 Å². The van der Waals surface area contributed by atoms with Crippen molar-refractivity contribution in [2.45, 2.75) is 44.8 Å².